The minimum atomic E-state index is -3.68. The molecule has 2 heterocycles. The third kappa shape index (κ3) is 2.82. The zero-order valence-electron chi connectivity index (χ0n) is 11.8. The Labute approximate surface area is 142 Å². The lowest BCUT2D eigenvalue weighted by atomic mass is 10.2. The topological polar surface area (TPSA) is 63.4 Å². The van der Waals surface area contributed by atoms with Crippen LogP contribution in [0.2, 0.25) is 5.02 Å². The molecule has 0 spiro atoms. The van der Waals surface area contributed by atoms with Gasteiger partial charge in [0, 0.05) is 17.1 Å². The molecule has 0 N–H and O–H groups in total. The molecule has 1 fully saturated rings. The van der Waals surface area contributed by atoms with Gasteiger partial charge in [-0.05, 0) is 38.0 Å². The summed E-state index contributed by atoms with van der Waals surface area (Å²) in [4.78, 5) is 0.112. The molecule has 1 aromatic heterocycles. The SMILES string of the molecule is Cc1cc([C@@H]2CCCN2S(=O)(=O)c2ccc(Br)cc2Cl)on1. The fourth-order valence-corrected chi connectivity index (χ4v) is 5.34. The Morgan fingerprint density at radius 2 is 2.18 bits per heavy atom. The van der Waals surface area contributed by atoms with Crippen LogP contribution in [0, 0.1) is 6.92 Å². The van der Waals surface area contributed by atoms with Crippen LogP contribution in [-0.2, 0) is 10.0 Å². The molecule has 1 aliphatic rings. The standard InChI is InChI=1S/C14H14BrClN2O3S/c1-9-7-13(21-17-9)12-3-2-6-18(12)22(19,20)14-5-4-10(15)8-11(14)16/h4-5,7-8,12H,2-3,6H2,1H3/t12-/m0/s1. The average Bonchev–Trinajstić information content (AvgIpc) is 3.06. The smallest absolute Gasteiger partial charge is 0.245 e. The van der Waals surface area contributed by atoms with Crippen LogP contribution < -0.4 is 0 Å². The van der Waals surface area contributed by atoms with Crippen LogP contribution in [0.25, 0.3) is 0 Å². The molecular weight excluding hydrogens is 392 g/mol. The Kier molecular flexibility index (Phi) is 4.33. The first-order chi connectivity index (χ1) is 10.4. The second-order valence-corrected chi connectivity index (χ2v) is 8.40. The van der Waals surface area contributed by atoms with Gasteiger partial charge in [-0.25, -0.2) is 8.42 Å². The van der Waals surface area contributed by atoms with Crippen molar-refractivity contribution in [2.45, 2.75) is 30.7 Å². The second-order valence-electron chi connectivity index (χ2n) is 5.22. The number of sulfonamides is 1. The summed E-state index contributed by atoms with van der Waals surface area (Å²) in [5.74, 6) is 0.576. The predicted molar refractivity (Wildman–Crippen MR) is 86.3 cm³/mol. The number of nitrogens with zero attached hydrogens (tertiary/aromatic N) is 2. The van der Waals surface area contributed by atoms with Crippen LogP contribution >= 0.6 is 27.5 Å². The van der Waals surface area contributed by atoms with E-state index in [-0.39, 0.29) is 16.0 Å². The Balaban J connectivity index is 2.00. The van der Waals surface area contributed by atoms with E-state index in [1.165, 1.54) is 10.4 Å². The monoisotopic (exact) mass is 404 g/mol. The third-order valence-electron chi connectivity index (χ3n) is 3.66. The Hall–Kier alpha value is -0.890. The summed E-state index contributed by atoms with van der Waals surface area (Å²) in [6.07, 6.45) is 1.49. The van der Waals surface area contributed by atoms with E-state index in [0.29, 0.717) is 18.7 Å². The summed E-state index contributed by atoms with van der Waals surface area (Å²) in [6.45, 7) is 2.26. The number of benzene rings is 1. The number of halogens is 2. The minimum Gasteiger partial charge on any atom is -0.359 e. The molecule has 1 saturated heterocycles. The lowest BCUT2D eigenvalue weighted by Gasteiger charge is -2.22. The summed E-state index contributed by atoms with van der Waals surface area (Å²) in [5.41, 5.74) is 0.737. The van der Waals surface area contributed by atoms with Gasteiger partial charge in [0.1, 0.15) is 4.90 Å². The maximum atomic E-state index is 12.9. The first-order valence-corrected chi connectivity index (χ1v) is 9.41. The molecule has 5 nitrogen and oxygen atoms in total. The molecule has 0 amide bonds. The number of hydrogen-bond acceptors (Lipinski definition) is 4. The highest BCUT2D eigenvalue weighted by atomic mass is 79.9. The molecule has 0 aliphatic carbocycles. The highest BCUT2D eigenvalue weighted by Crippen LogP contribution is 2.38. The Morgan fingerprint density at radius 3 is 2.82 bits per heavy atom. The molecule has 0 bridgehead atoms. The van der Waals surface area contributed by atoms with Gasteiger partial charge < -0.3 is 4.52 Å². The molecule has 0 radical (unpaired) electrons. The number of hydrogen-bond donors (Lipinski definition) is 0. The molecule has 2 aromatic rings. The highest BCUT2D eigenvalue weighted by Gasteiger charge is 2.39. The Morgan fingerprint density at radius 1 is 1.41 bits per heavy atom. The largest absolute Gasteiger partial charge is 0.359 e. The summed E-state index contributed by atoms with van der Waals surface area (Å²) in [6, 6.07) is 6.22. The van der Waals surface area contributed by atoms with E-state index in [9.17, 15) is 8.42 Å². The van der Waals surface area contributed by atoms with E-state index in [0.717, 1.165) is 16.6 Å². The van der Waals surface area contributed by atoms with Crippen LogP contribution in [-0.4, -0.2) is 24.4 Å². The normalized spacial score (nSPS) is 19.7. The molecule has 1 atom stereocenters. The van der Waals surface area contributed by atoms with Crippen molar-refractivity contribution in [3.63, 3.8) is 0 Å². The van der Waals surface area contributed by atoms with Gasteiger partial charge in [-0.1, -0.05) is 32.7 Å². The van der Waals surface area contributed by atoms with Gasteiger partial charge in [0.15, 0.2) is 5.76 Å². The number of aromatic nitrogens is 1. The van der Waals surface area contributed by atoms with E-state index >= 15 is 0 Å². The molecular formula is C14H14BrClN2O3S. The van der Waals surface area contributed by atoms with Crippen molar-refractivity contribution in [2.24, 2.45) is 0 Å². The zero-order valence-corrected chi connectivity index (χ0v) is 14.9. The fourth-order valence-electron chi connectivity index (χ4n) is 2.66. The molecule has 0 unspecified atom stereocenters. The van der Waals surface area contributed by atoms with E-state index in [1.807, 2.05) is 6.92 Å². The number of aryl methyl sites for hydroxylation is 1. The van der Waals surface area contributed by atoms with Crippen molar-refractivity contribution >= 4 is 37.6 Å². The van der Waals surface area contributed by atoms with E-state index in [4.69, 9.17) is 16.1 Å². The summed E-state index contributed by atoms with van der Waals surface area (Å²) in [7, 11) is -3.68. The molecule has 118 valence electrons. The highest BCUT2D eigenvalue weighted by molar-refractivity contribution is 9.10. The maximum absolute atomic E-state index is 12.9. The van der Waals surface area contributed by atoms with Gasteiger partial charge >= 0.3 is 0 Å². The van der Waals surface area contributed by atoms with Crippen LogP contribution in [0.4, 0.5) is 0 Å². The fraction of sp³-hybridized carbons (Fsp3) is 0.357. The number of rotatable bonds is 3. The van der Waals surface area contributed by atoms with Gasteiger partial charge in [0.05, 0.1) is 16.8 Å². The van der Waals surface area contributed by atoms with Crippen molar-refractivity contribution in [3.05, 3.63) is 45.2 Å². The quantitative estimate of drug-likeness (QED) is 0.776. The molecule has 22 heavy (non-hydrogen) atoms. The molecule has 3 rings (SSSR count). The van der Waals surface area contributed by atoms with Crippen LogP contribution in [0.1, 0.15) is 30.3 Å². The van der Waals surface area contributed by atoms with Crippen molar-refractivity contribution in [1.29, 1.82) is 0 Å². The van der Waals surface area contributed by atoms with Gasteiger partial charge in [-0.15, -0.1) is 0 Å². The molecule has 8 heteroatoms. The minimum absolute atomic E-state index is 0.112. The summed E-state index contributed by atoms with van der Waals surface area (Å²) < 4.78 is 33.3. The van der Waals surface area contributed by atoms with Gasteiger partial charge in [0.25, 0.3) is 0 Å². The van der Waals surface area contributed by atoms with Gasteiger partial charge in [-0.2, -0.15) is 4.31 Å². The van der Waals surface area contributed by atoms with E-state index < -0.39 is 10.0 Å². The van der Waals surface area contributed by atoms with Crippen molar-refractivity contribution in [1.82, 2.24) is 9.46 Å². The van der Waals surface area contributed by atoms with Gasteiger partial charge in [0.2, 0.25) is 10.0 Å². The lowest BCUT2D eigenvalue weighted by Crippen LogP contribution is -2.30. The summed E-state index contributed by atoms with van der Waals surface area (Å²) >= 11 is 9.40. The van der Waals surface area contributed by atoms with E-state index in [2.05, 4.69) is 21.1 Å². The van der Waals surface area contributed by atoms with Crippen molar-refractivity contribution in [3.8, 4) is 0 Å². The summed E-state index contributed by atoms with van der Waals surface area (Å²) in [5, 5.41) is 4.05. The Bertz CT molecular complexity index is 806. The zero-order chi connectivity index (χ0) is 15.9. The van der Waals surface area contributed by atoms with Crippen molar-refractivity contribution < 1.29 is 12.9 Å². The van der Waals surface area contributed by atoms with Gasteiger partial charge in [-0.3, -0.25) is 0 Å². The molecule has 1 aliphatic heterocycles. The van der Waals surface area contributed by atoms with Crippen molar-refractivity contribution in [2.75, 3.05) is 6.54 Å². The van der Waals surface area contributed by atoms with Crippen LogP contribution in [0.5, 0.6) is 0 Å². The van der Waals surface area contributed by atoms with Crippen LogP contribution in [0.3, 0.4) is 0 Å². The van der Waals surface area contributed by atoms with Crippen LogP contribution in [0.15, 0.2) is 38.2 Å². The molecule has 0 saturated carbocycles. The lowest BCUT2D eigenvalue weighted by molar-refractivity contribution is 0.297. The third-order valence-corrected chi connectivity index (χ3v) is 6.54. The second kappa shape index (κ2) is 5.96. The first kappa shape index (κ1) is 16.0. The molecule has 1 aromatic carbocycles. The predicted octanol–water partition coefficient (Wildman–Crippen LogP) is 3.92. The average molecular weight is 406 g/mol. The van der Waals surface area contributed by atoms with E-state index in [1.54, 1.807) is 18.2 Å². The maximum Gasteiger partial charge on any atom is 0.245 e. The first-order valence-electron chi connectivity index (χ1n) is 6.80.